The second-order valence-electron chi connectivity index (χ2n) is 5.49. The van der Waals surface area contributed by atoms with Crippen LogP contribution in [0.15, 0.2) is 35.6 Å². The molecular weight excluding hydrogens is 382 g/mol. The zero-order chi connectivity index (χ0) is 20.5. The maximum absolute atomic E-state index is 12.1. The third-order valence-electron chi connectivity index (χ3n) is 3.38. The van der Waals surface area contributed by atoms with E-state index in [0.29, 0.717) is 17.8 Å². The summed E-state index contributed by atoms with van der Waals surface area (Å²) in [5.41, 5.74) is 6.99. The summed E-state index contributed by atoms with van der Waals surface area (Å²) >= 11 is 1.08. The van der Waals surface area contributed by atoms with Gasteiger partial charge in [-0.3, -0.25) is 9.59 Å². The Morgan fingerprint density at radius 2 is 1.82 bits per heavy atom. The van der Waals surface area contributed by atoms with Crippen molar-refractivity contribution in [1.82, 2.24) is 9.97 Å². The minimum absolute atomic E-state index is 0.00396. The molecule has 1 aromatic heterocycles. The van der Waals surface area contributed by atoms with Crippen molar-refractivity contribution in [3.8, 4) is 0 Å². The van der Waals surface area contributed by atoms with Gasteiger partial charge in [0.25, 0.3) is 0 Å². The predicted molar refractivity (Wildman–Crippen MR) is 107 cm³/mol. The molecule has 0 aliphatic rings. The van der Waals surface area contributed by atoms with E-state index in [1.54, 1.807) is 38.1 Å². The van der Waals surface area contributed by atoms with Gasteiger partial charge in [-0.05, 0) is 25.1 Å². The first-order chi connectivity index (χ1) is 13.4. The molecule has 0 bridgehead atoms. The highest BCUT2D eigenvalue weighted by Crippen LogP contribution is 2.19. The fourth-order valence-corrected chi connectivity index (χ4v) is 2.69. The lowest BCUT2D eigenvalue weighted by atomic mass is 10.2. The van der Waals surface area contributed by atoms with Gasteiger partial charge in [0.1, 0.15) is 11.4 Å². The summed E-state index contributed by atoms with van der Waals surface area (Å²) in [6.45, 7) is 3.66. The Kier molecular flexibility index (Phi) is 7.76. The van der Waals surface area contributed by atoms with Crippen LogP contribution in [0.2, 0.25) is 0 Å². The van der Waals surface area contributed by atoms with Crippen molar-refractivity contribution in [3.63, 3.8) is 0 Å². The highest BCUT2D eigenvalue weighted by atomic mass is 32.2. The smallest absolute Gasteiger partial charge is 0.343 e. The number of anilines is 3. The standard InChI is InChI=1S/C18H21N5O4S/c1-3-14(24)21-11-6-5-7-12(8-11)22-15(25)10-28-18-20-9-13(16(19)23-18)17(26)27-4-2/h5-9H,3-4,10H2,1-2H3,(H,21,24)(H,22,25)(H2,19,20,23). The first-order valence-corrected chi connectivity index (χ1v) is 9.53. The van der Waals surface area contributed by atoms with Crippen LogP contribution in [0.3, 0.4) is 0 Å². The van der Waals surface area contributed by atoms with Crippen molar-refractivity contribution in [2.24, 2.45) is 0 Å². The largest absolute Gasteiger partial charge is 0.462 e. The van der Waals surface area contributed by atoms with Crippen molar-refractivity contribution >= 4 is 46.7 Å². The van der Waals surface area contributed by atoms with Crippen molar-refractivity contribution < 1.29 is 19.1 Å². The molecule has 0 aliphatic heterocycles. The average Bonchev–Trinajstić information content (AvgIpc) is 2.66. The molecule has 0 saturated heterocycles. The molecule has 10 heteroatoms. The highest BCUT2D eigenvalue weighted by Gasteiger charge is 2.14. The van der Waals surface area contributed by atoms with E-state index in [2.05, 4.69) is 20.6 Å². The number of nitrogens with zero attached hydrogens (tertiary/aromatic N) is 2. The molecule has 148 valence electrons. The van der Waals surface area contributed by atoms with Crippen LogP contribution < -0.4 is 16.4 Å². The molecule has 4 N–H and O–H groups in total. The minimum atomic E-state index is -0.593. The molecule has 0 unspecified atom stereocenters. The first kappa shape index (κ1) is 21.2. The molecule has 0 aliphatic carbocycles. The normalized spacial score (nSPS) is 10.2. The molecule has 2 aromatic rings. The quantitative estimate of drug-likeness (QED) is 0.347. The second kappa shape index (κ2) is 10.3. The van der Waals surface area contributed by atoms with E-state index < -0.39 is 5.97 Å². The van der Waals surface area contributed by atoms with Crippen LogP contribution in [0.1, 0.15) is 30.6 Å². The molecular formula is C18H21N5O4S. The number of ether oxygens (including phenoxy) is 1. The van der Waals surface area contributed by atoms with Crippen molar-refractivity contribution in [2.45, 2.75) is 25.4 Å². The Bertz CT molecular complexity index is 875. The number of aromatic nitrogens is 2. The Labute approximate surface area is 166 Å². The van der Waals surface area contributed by atoms with Gasteiger partial charge in [0.05, 0.1) is 12.4 Å². The number of amides is 2. The summed E-state index contributed by atoms with van der Waals surface area (Å²) in [5.74, 6) is -0.940. The predicted octanol–water partition coefficient (Wildman–Crippen LogP) is 2.31. The van der Waals surface area contributed by atoms with E-state index in [-0.39, 0.29) is 40.7 Å². The van der Waals surface area contributed by atoms with Crippen LogP contribution in [0.4, 0.5) is 17.2 Å². The van der Waals surface area contributed by atoms with E-state index >= 15 is 0 Å². The maximum Gasteiger partial charge on any atom is 0.343 e. The number of thioether (sulfide) groups is 1. The van der Waals surface area contributed by atoms with Crippen molar-refractivity contribution in [3.05, 3.63) is 36.0 Å². The molecule has 1 aromatic carbocycles. The Balaban J connectivity index is 1.92. The summed E-state index contributed by atoms with van der Waals surface area (Å²) in [4.78, 5) is 43.3. The Hall–Kier alpha value is -3.14. The van der Waals surface area contributed by atoms with E-state index in [1.165, 1.54) is 6.20 Å². The monoisotopic (exact) mass is 403 g/mol. The van der Waals surface area contributed by atoms with Crippen LogP contribution in [0, 0.1) is 0 Å². The number of carbonyl (C=O) groups excluding carboxylic acids is 3. The number of nitrogens with two attached hydrogens (primary N) is 1. The van der Waals surface area contributed by atoms with E-state index in [4.69, 9.17) is 10.5 Å². The fraction of sp³-hybridized carbons (Fsp3) is 0.278. The van der Waals surface area contributed by atoms with E-state index in [0.717, 1.165) is 11.8 Å². The molecule has 0 fully saturated rings. The summed E-state index contributed by atoms with van der Waals surface area (Å²) in [6, 6.07) is 6.84. The average molecular weight is 403 g/mol. The SMILES string of the molecule is CCOC(=O)c1cnc(SCC(=O)Nc2cccc(NC(=O)CC)c2)nc1N. The van der Waals surface area contributed by atoms with Crippen LogP contribution in [-0.4, -0.2) is 40.1 Å². The third kappa shape index (κ3) is 6.23. The lowest BCUT2D eigenvalue weighted by Crippen LogP contribution is -2.15. The van der Waals surface area contributed by atoms with Crippen molar-refractivity contribution in [2.75, 3.05) is 28.7 Å². The van der Waals surface area contributed by atoms with Crippen LogP contribution in [-0.2, 0) is 14.3 Å². The molecule has 1 heterocycles. The zero-order valence-electron chi connectivity index (χ0n) is 15.5. The molecule has 9 nitrogen and oxygen atoms in total. The van der Waals surface area contributed by atoms with Gasteiger partial charge in [0, 0.05) is 24.0 Å². The van der Waals surface area contributed by atoms with E-state index in [1.807, 2.05) is 0 Å². The molecule has 2 rings (SSSR count). The van der Waals surface area contributed by atoms with Crippen LogP contribution in [0.25, 0.3) is 0 Å². The second-order valence-corrected chi connectivity index (χ2v) is 6.43. The van der Waals surface area contributed by atoms with Gasteiger partial charge in [-0.1, -0.05) is 24.8 Å². The van der Waals surface area contributed by atoms with Gasteiger partial charge in [-0.2, -0.15) is 0 Å². The molecule has 2 amide bonds. The lowest BCUT2D eigenvalue weighted by molar-refractivity contribution is -0.116. The Morgan fingerprint density at radius 3 is 2.43 bits per heavy atom. The fourth-order valence-electron chi connectivity index (χ4n) is 2.06. The number of hydrogen-bond donors (Lipinski definition) is 3. The molecule has 0 atom stereocenters. The van der Waals surface area contributed by atoms with Gasteiger partial charge < -0.3 is 21.1 Å². The van der Waals surface area contributed by atoms with Crippen molar-refractivity contribution in [1.29, 1.82) is 0 Å². The molecule has 0 spiro atoms. The van der Waals surface area contributed by atoms with Gasteiger partial charge in [-0.15, -0.1) is 0 Å². The Morgan fingerprint density at radius 1 is 1.14 bits per heavy atom. The zero-order valence-corrected chi connectivity index (χ0v) is 16.3. The number of benzene rings is 1. The number of nitrogen functional groups attached to an aromatic ring is 1. The minimum Gasteiger partial charge on any atom is -0.462 e. The lowest BCUT2D eigenvalue weighted by Gasteiger charge is -2.08. The number of esters is 1. The maximum atomic E-state index is 12.1. The third-order valence-corrected chi connectivity index (χ3v) is 4.24. The summed E-state index contributed by atoms with van der Waals surface area (Å²) in [5, 5.41) is 5.73. The number of carbonyl (C=O) groups is 3. The molecule has 0 radical (unpaired) electrons. The molecule has 0 saturated carbocycles. The van der Waals surface area contributed by atoms with Gasteiger partial charge >= 0.3 is 5.97 Å². The summed E-state index contributed by atoms with van der Waals surface area (Å²) in [6.07, 6.45) is 1.64. The van der Waals surface area contributed by atoms with Crippen LogP contribution >= 0.6 is 11.8 Å². The highest BCUT2D eigenvalue weighted by molar-refractivity contribution is 7.99. The van der Waals surface area contributed by atoms with Crippen LogP contribution in [0.5, 0.6) is 0 Å². The topological polar surface area (TPSA) is 136 Å². The first-order valence-electron chi connectivity index (χ1n) is 8.55. The van der Waals surface area contributed by atoms with E-state index in [9.17, 15) is 14.4 Å². The summed E-state index contributed by atoms with van der Waals surface area (Å²) < 4.78 is 4.86. The molecule has 28 heavy (non-hydrogen) atoms. The number of nitrogens with one attached hydrogen (secondary N) is 2. The van der Waals surface area contributed by atoms with Gasteiger partial charge in [0.2, 0.25) is 11.8 Å². The number of rotatable bonds is 8. The van der Waals surface area contributed by atoms with Gasteiger partial charge in [-0.25, -0.2) is 14.8 Å². The summed E-state index contributed by atoms with van der Waals surface area (Å²) in [7, 11) is 0. The number of hydrogen-bond acceptors (Lipinski definition) is 8. The van der Waals surface area contributed by atoms with Gasteiger partial charge in [0.15, 0.2) is 5.16 Å².